The zero-order valence-electron chi connectivity index (χ0n) is 30.2. The number of fused-ring (bicyclic) bond motifs is 9. The minimum atomic E-state index is -0.00414. The lowest BCUT2D eigenvalue weighted by Crippen LogP contribution is -2.14. The average Bonchev–Trinajstić information content (AvgIpc) is 3.81. The zero-order chi connectivity index (χ0) is 35.3. The van der Waals surface area contributed by atoms with E-state index in [2.05, 4.69) is 181 Å². The highest BCUT2D eigenvalue weighted by Gasteiger charge is 2.35. The van der Waals surface area contributed by atoms with Crippen LogP contribution in [0.15, 0.2) is 152 Å². The topological polar surface area (TPSA) is 9.86 Å². The minimum Gasteiger partial charge on any atom is -0.313 e. The lowest BCUT2D eigenvalue weighted by molar-refractivity contribution is 0.660. The first-order chi connectivity index (χ1) is 26.1. The van der Waals surface area contributed by atoms with Gasteiger partial charge in [0, 0.05) is 44.5 Å². The number of hydrogen-bond donors (Lipinski definition) is 0. The lowest BCUT2D eigenvalue weighted by atomic mass is 9.82. The molecule has 0 spiro atoms. The highest BCUT2D eigenvalue weighted by atomic mass is 15.0. The number of benzene rings is 6. The summed E-state index contributed by atoms with van der Waals surface area (Å²) in [6.07, 6.45) is 11.3. The van der Waals surface area contributed by atoms with E-state index in [9.17, 15) is 0 Å². The van der Waals surface area contributed by atoms with Crippen molar-refractivity contribution in [1.82, 2.24) is 9.13 Å². The van der Waals surface area contributed by atoms with Gasteiger partial charge in [-0.3, -0.25) is 0 Å². The molecular formula is C51H40N2. The molecule has 2 heteroatoms. The molecule has 0 unspecified atom stereocenters. The van der Waals surface area contributed by atoms with Crippen LogP contribution in [-0.4, -0.2) is 9.13 Å². The SMILES string of the molecule is CC1(C)c2ccccc2-c2cc(-n3c4c(c5cc(-c6ccccc6C6=CCCc7c6c6ccccc6n7-c6ccccc6)ccc53)CCC=C4)ccc21. The van der Waals surface area contributed by atoms with Gasteiger partial charge in [0.2, 0.25) is 0 Å². The monoisotopic (exact) mass is 680 g/mol. The van der Waals surface area contributed by atoms with Crippen molar-refractivity contribution >= 4 is 33.5 Å². The van der Waals surface area contributed by atoms with Crippen molar-refractivity contribution in [3.63, 3.8) is 0 Å². The smallest absolute Gasteiger partial charge is 0.0538 e. The highest BCUT2D eigenvalue weighted by molar-refractivity contribution is 6.04. The van der Waals surface area contributed by atoms with E-state index in [4.69, 9.17) is 0 Å². The maximum Gasteiger partial charge on any atom is 0.0538 e. The number of aromatic nitrogens is 2. The summed E-state index contributed by atoms with van der Waals surface area (Å²) in [5.41, 5.74) is 21.3. The molecule has 0 aliphatic heterocycles. The third kappa shape index (κ3) is 4.39. The van der Waals surface area contributed by atoms with Crippen molar-refractivity contribution in [2.45, 2.75) is 44.9 Å². The standard InChI is InChI=1S/C51H40N2/c1-51(2)44-23-11-8-19-38(44)42-32-35(28-29-45(42)51)53-46-24-12-9-20-39(46)43-31-33(27-30-48(43)53)36-17-6-7-18-37(36)40-22-14-26-49-50(40)41-21-10-13-25-47(41)52(49)34-15-4-3-5-16-34/h3-8,10-13,15-19,21-25,27-32H,9,14,20,26H2,1-2H3. The molecule has 0 bridgehead atoms. The molecule has 0 amide bonds. The number of nitrogens with zero attached hydrogens (tertiary/aromatic N) is 2. The minimum absolute atomic E-state index is 0.00414. The number of rotatable bonds is 4. The maximum absolute atomic E-state index is 2.51. The second-order valence-electron chi connectivity index (χ2n) is 15.5. The Bertz CT molecular complexity index is 2850. The molecule has 2 heterocycles. The van der Waals surface area contributed by atoms with E-state index in [1.165, 1.54) is 100 Å². The van der Waals surface area contributed by atoms with Crippen LogP contribution in [-0.2, 0) is 18.3 Å². The summed E-state index contributed by atoms with van der Waals surface area (Å²) in [6.45, 7) is 4.72. The van der Waals surface area contributed by atoms with E-state index in [0.29, 0.717) is 0 Å². The Kier molecular flexibility index (Phi) is 6.58. The van der Waals surface area contributed by atoms with Gasteiger partial charge >= 0.3 is 0 Å². The molecule has 0 atom stereocenters. The van der Waals surface area contributed by atoms with Gasteiger partial charge in [-0.1, -0.05) is 123 Å². The fraction of sp³-hybridized carbons (Fsp3) is 0.137. The van der Waals surface area contributed by atoms with Crippen LogP contribution in [0.3, 0.4) is 0 Å². The van der Waals surface area contributed by atoms with Gasteiger partial charge < -0.3 is 9.13 Å². The number of allylic oxidation sites excluding steroid dienone is 2. The van der Waals surface area contributed by atoms with E-state index < -0.39 is 0 Å². The molecule has 3 aliphatic rings. The summed E-state index contributed by atoms with van der Waals surface area (Å²) >= 11 is 0. The zero-order valence-corrected chi connectivity index (χ0v) is 30.2. The molecule has 53 heavy (non-hydrogen) atoms. The van der Waals surface area contributed by atoms with Gasteiger partial charge in [0.15, 0.2) is 0 Å². The van der Waals surface area contributed by atoms with Gasteiger partial charge in [0.05, 0.1) is 11.0 Å². The summed E-state index contributed by atoms with van der Waals surface area (Å²) < 4.78 is 5.01. The van der Waals surface area contributed by atoms with E-state index in [1.807, 2.05) is 0 Å². The van der Waals surface area contributed by atoms with E-state index in [1.54, 1.807) is 0 Å². The first kappa shape index (κ1) is 30.5. The molecule has 254 valence electrons. The first-order valence-corrected chi connectivity index (χ1v) is 19.1. The molecule has 6 aromatic carbocycles. The van der Waals surface area contributed by atoms with Gasteiger partial charge in [0.1, 0.15) is 0 Å². The van der Waals surface area contributed by atoms with Gasteiger partial charge in [-0.05, 0) is 124 Å². The summed E-state index contributed by atoms with van der Waals surface area (Å²) in [4.78, 5) is 0. The lowest BCUT2D eigenvalue weighted by Gasteiger charge is -2.21. The Morgan fingerprint density at radius 2 is 1.26 bits per heavy atom. The Hall–Kier alpha value is -6.12. The van der Waals surface area contributed by atoms with Gasteiger partial charge in [0.25, 0.3) is 0 Å². The Balaban J connectivity index is 1.07. The molecule has 0 fully saturated rings. The van der Waals surface area contributed by atoms with Crippen molar-refractivity contribution in [3.8, 4) is 33.6 Å². The summed E-state index contributed by atoms with van der Waals surface area (Å²) in [5, 5.41) is 2.68. The molecule has 2 aromatic heterocycles. The van der Waals surface area contributed by atoms with Crippen LogP contribution < -0.4 is 0 Å². The molecular weight excluding hydrogens is 641 g/mol. The van der Waals surface area contributed by atoms with Crippen LogP contribution in [0.4, 0.5) is 0 Å². The Morgan fingerprint density at radius 1 is 0.528 bits per heavy atom. The van der Waals surface area contributed by atoms with Gasteiger partial charge in [-0.2, -0.15) is 0 Å². The number of para-hydroxylation sites is 2. The molecule has 0 radical (unpaired) electrons. The predicted molar refractivity (Wildman–Crippen MR) is 222 cm³/mol. The second-order valence-corrected chi connectivity index (χ2v) is 15.5. The number of aryl methyl sites for hydroxylation is 1. The van der Waals surface area contributed by atoms with Crippen molar-refractivity contribution in [2.75, 3.05) is 0 Å². The average molecular weight is 681 g/mol. The number of hydrogen-bond acceptors (Lipinski definition) is 0. The normalized spacial score (nSPS) is 15.2. The Morgan fingerprint density at radius 3 is 2.15 bits per heavy atom. The highest BCUT2D eigenvalue weighted by Crippen LogP contribution is 2.50. The summed E-state index contributed by atoms with van der Waals surface area (Å²) in [7, 11) is 0. The molecule has 8 aromatic rings. The molecule has 2 nitrogen and oxygen atoms in total. The second kappa shape index (κ2) is 11.4. The fourth-order valence-corrected chi connectivity index (χ4v) is 9.90. The van der Waals surface area contributed by atoms with Crippen molar-refractivity contribution < 1.29 is 0 Å². The quantitative estimate of drug-likeness (QED) is 0.175. The Labute approximate surface area is 311 Å². The summed E-state index contributed by atoms with van der Waals surface area (Å²) in [6, 6.07) is 52.2. The third-order valence-electron chi connectivity index (χ3n) is 12.3. The van der Waals surface area contributed by atoms with E-state index >= 15 is 0 Å². The summed E-state index contributed by atoms with van der Waals surface area (Å²) in [5.74, 6) is 0. The van der Waals surface area contributed by atoms with Crippen LogP contribution in [0.25, 0.3) is 67.1 Å². The van der Waals surface area contributed by atoms with Crippen molar-refractivity contribution in [2.24, 2.45) is 0 Å². The molecule has 0 saturated heterocycles. The first-order valence-electron chi connectivity index (χ1n) is 19.1. The van der Waals surface area contributed by atoms with Crippen LogP contribution >= 0.6 is 0 Å². The van der Waals surface area contributed by atoms with Crippen LogP contribution in [0.1, 0.15) is 65.9 Å². The molecule has 0 N–H and O–H groups in total. The van der Waals surface area contributed by atoms with Crippen LogP contribution in [0, 0.1) is 0 Å². The predicted octanol–water partition coefficient (Wildman–Crippen LogP) is 12.9. The van der Waals surface area contributed by atoms with Crippen molar-refractivity contribution in [3.05, 3.63) is 191 Å². The molecule has 11 rings (SSSR count). The van der Waals surface area contributed by atoms with Crippen LogP contribution in [0.2, 0.25) is 0 Å². The largest absolute Gasteiger partial charge is 0.313 e. The molecule has 3 aliphatic carbocycles. The van der Waals surface area contributed by atoms with Gasteiger partial charge in [-0.25, -0.2) is 0 Å². The van der Waals surface area contributed by atoms with Gasteiger partial charge in [-0.15, -0.1) is 0 Å². The maximum atomic E-state index is 2.51. The fourth-order valence-electron chi connectivity index (χ4n) is 9.90. The third-order valence-corrected chi connectivity index (χ3v) is 12.3. The van der Waals surface area contributed by atoms with Crippen molar-refractivity contribution in [1.29, 1.82) is 0 Å². The van der Waals surface area contributed by atoms with E-state index in [0.717, 1.165) is 25.7 Å². The molecule has 0 saturated carbocycles. The van der Waals surface area contributed by atoms with E-state index in [-0.39, 0.29) is 5.41 Å². The van der Waals surface area contributed by atoms with Crippen LogP contribution in [0.5, 0.6) is 0 Å².